The molecule has 0 bridgehead atoms. The lowest BCUT2D eigenvalue weighted by atomic mass is 10.0. The number of nitrogens with zero attached hydrogens (tertiary/aromatic N) is 1. The van der Waals surface area contributed by atoms with Crippen molar-refractivity contribution in [2.75, 3.05) is 5.32 Å². The fourth-order valence-corrected chi connectivity index (χ4v) is 4.36. The molecule has 0 saturated heterocycles. The molecule has 1 atom stereocenters. The van der Waals surface area contributed by atoms with E-state index in [4.69, 9.17) is 4.74 Å². The van der Waals surface area contributed by atoms with Gasteiger partial charge in [-0.15, -0.1) is 0 Å². The Kier molecular flexibility index (Phi) is 6.33. The van der Waals surface area contributed by atoms with E-state index < -0.39 is 18.0 Å². The molecule has 6 heteroatoms. The Morgan fingerprint density at radius 3 is 2.00 bits per heavy atom. The molecular weight excluding hydrogens is 452 g/mol. The molecule has 0 radical (unpaired) electrons. The summed E-state index contributed by atoms with van der Waals surface area (Å²) in [7, 11) is 0. The van der Waals surface area contributed by atoms with E-state index in [2.05, 4.69) is 5.32 Å². The second-order valence-electron chi connectivity index (χ2n) is 8.48. The maximum atomic E-state index is 12.9. The molecule has 0 aliphatic rings. The normalized spacial score (nSPS) is 11.8. The number of esters is 1. The van der Waals surface area contributed by atoms with Crippen molar-refractivity contribution in [2.45, 2.75) is 19.6 Å². The van der Waals surface area contributed by atoms with E-state index in [1.807, 2.05) is 66.7 Å². The topological polar surface area (TPSA) is 77.4 Å². The van der Waals surface area contributed by atoms with Gasteiger partial charge in [0.05, 0.1) is 11.0 Å². The summed E-state index contributed by atoms with van der Waals surface area (Å²) in [4.78, 5) is 38.8. The maximum absolute atomic E-state index is 12.9. The molecule has 36 heavy (non-hydrogen) atoms. The molecule has 5 aromatic rings. The fraction of sp³-hybridized carbons (Fsp3) is 0.100. The first-order valence-electron chi connectivity index (χ1n) is 11.7. The van der Waals surface area contributed by atoms with Crippen LogP contribution in [0.3, 0.4) is 0 Å². The first kappa shape index (κ1) is 23.1. The minimum Gasteiger partial charge on any atom is -0.451 e. The van der Waals surface area contributed by atoms with E-state index in [0.29, 0.717) is 27.5 Å². The number of carbonyl (C=O) groups excluding carboxylic acids is 2. The summed E-state index contributed by atoms with van der Waals surface area (Å²) in [5.41, 5.74) is 3.65. The summed E-state index contributed by atoms with van der Waals surface area (Å²) in [5.74, 6) is -1.01. The lowest BCUT2D eigenvalue weighted by Crippen LogP contribution is -2.31. The molecule has 0 aliphatic heterocycles. The highest BCUT2D eigenvalue weighted by Gasteiger charge is 2.21. The predicted octanol–water partition coefficient (Wildman–Crippen LogP) is 5.39. The third-order valence-corrected chi connectivity index (χ3v) is 6.11. The predicted molar refractivity (Wildman–Crippen MR) is 142 cm³/mol. The molecule has 0 aliphatic carbocycles. The number of nitrogens with one attached hydrogen (secondary N) is 1. The molecule has 6 nitrogen and oxygen atoms in total. The standard InChI is InChI=1S/C30H24N2O4/c1-20(30(35)31-25-16-8-5-13-22(25)21-11-3-2-4-12-21)36-28(33)19-32-26-17-9-6-14-23(26)29(34)24-15-7-10-18-27(24)32/h2-18,20H,19H2,1H3,(H,31,35)/t20-/m0/s1. The summed E-state index contributed by atoms with van der Waals surface area (Å²) in [5, 5.41) is 3.92. The van der Waals surface area contributed by atoms with Gasteiger partial charge in [-0.2, -0.15) is 0 Å². The first-order valence-corrected chi connectivity index (χ1v) is 11.7. The van der Waals surface area contributed by atoms with Crippen LogP contribution in [0.2, 0.25) is 0 Å². The van der Waals surface area contributed by atoms with Crippen LogP contribution >= 0.6 is 0 Å². The van der Waals surface area contributed by atoms with Crippen LogP contribution in [0.4, 0.5) is 5.69 Å². The van der Waals surface area contributed by atoms with Crippen molar-refractivity contribution in [1.29, 1.82) is 0 Å². The van der Waals surface area contributed by atoms with E-state index in [1.54, 1.807) is 47.9 Å². The summed E-state index contributed by atoms with van der Waals surface area (Å²) in [6.45, 7) is 1.40. The van der Waals surface area contributed by atoms with Crippen LogP contribution in [0, 0.1) is 0 Å². The zero-order valence-corrected chi connectivity index (χ0v) is 19.7. The van der Waals surface area contributed by atoms with Gasteiger partial charge in [-0.25, -0.2) is 0 Å². The number of rotatable bonds is 6. The third-order valence-electron chi connectivity index (χ3n) is 6.11. The van der Waals surface area contributed by atoms with Crippen molar-refractivity contribution in [3.8, 4) is 11.1 Å². The smallest absolute Gasteiger partial charge is 0.326 e. The van der Waals surface area contributed by atoms with Crippen LogP contribution in [-0.4, -0.2) is 22.5 Å². The number of benzene rings is 4. The number of pyridine rings is 1. The van der Waals surface area contributed by atoms with Gasteiger partial charge in [0.25, 0.3) is 5.91 Å². The Hall–Kier alpha value is -4.71. The highest BCUT2D eigenvalue weighted by molar-refractivity contribution is 5.99. The van der Waals surface area contributed by atoms with Crippen LogP contribution in [0.25, 0.3) is 32.9 Å². The van der Waals surface area contributed by atoms with Crippen LogP contribution in [0.15, 0.2) is 108 Å². The average Bonchev–Trinajstić information content (AvgIpc) is 2.92. The monoisotopic (exact) mass is 476 g/mol. The largest absolute Gasteiger partial charge is 0.451 e. The van der Waals surface area contributed by atoms with Gasteiger partial charge >= 0.3 is 5.97 Å². The van der Waals surface area contributed by atoms with Crippen molar-refractivity contribution in [3.05, 3.63) is 113 Å². The van der Waals surface area contributed by atoms with Crippen molar-refractivity contribution >= 4 is 39.4 Å². The molecule has 178 valence electrons. The van der Waals surface area contributed by atoms with Crippen LogP contribution < -0.4 is 10.7 Å². The highest BCUT2D eigenvalue weighted by atomic mass is 16.5. The minimum atomic E-state index is -1.02. The third kappa shape index (κ3) is 4.49. The maximum Gasteiger partial charge on any atom is 0.326 e. The molecule has 0 unspecified atom stereocenters. The van der Waals surface area contributed by atoms with E-state index in [0.717, 1.165) is 11.1 Å². The number of aromatic nitrogens is 1. The van der Waals surface area contributed by atoms with E-state index in [9.17, 15) is 14.4 Å². The minimum absolute atomic E-state index is 0.0874. The number of fused-ring (bicyclic) bond motifs is 2. The summed E-state index contributed by atoms with van der Waals surface area (Å²) in [6.07, 6.45) is -1.02. The van der Waals surface area contributed by atoms with Crippen molar-refractivity contribution in [1.82, 2.24) is 4.57 Å². The highest BCUT2D eigenvalue weighted by Crippen LogP contribution is 2.27. The Morgan fingerprint density at radius 1 is 0.778 bits per heavy atom. The molecule has 1 amide bonds. The van der Waals surface area contributed by atoms with E-state index in [-0.39, 0.29) is 12.0 Å². The SMILES string of the molecule is C[C@H](OC(=O)Cn1c2ccccc2c(=O)c2ccccc21)C(=O)Nc1ccccc1-c1ccccc1. The van der Waals surface area contributed by atoms with Gasteiger partial charge in [-0.1, -0.05) is 72.8 Å². The zero-order valence-electron chi connectivity index (χ0n) is 19.7. The van der Waals surface area contributed by atoms with Crippen LogP contribution in [0.5, 0.6) is 0 Å². The lowest BCUT2D eigenvalue weighted by molar-refractivity contribution is -0.153. The van der Waals surface area contributed by atoms with Gasteiger partial charge in [-0.3, -0.25) is 14.4 Å². The first-order chi connectivity index (χ1) is 17.5. The van der Waals surface area contributed by atoms with Crippen LogP contribution in [0.1, 0.15) is 6.92 Å². The molecule has 0 fully saturated rings. The van der Waals surface area contributed by atoms with Crippen molar-refractivity contribution < 1.29 is 14.3 Å². The van der Waals surface area contributed by atoms with Crippen molar-refractivity contribution in [2.24, 2.45) is 0 Å². The summed E-state index contributed by atoms with van der Waals surface area (Å²) >= 11 is 0. The number of hydrogen-bond donors (Lipinski definition) is 1. The molecule has 0 saturated carbocycles. The number of para-hydroxylation sites is 3. The van der Waals surface area contributed by atoms with Gasteiger partial charge in [-0.05, 0) is 42.8 Å². The van der Waals surface area contributed by atoms with E-state index in [1.165, 1.54) is 0 Å². The fourth-order valence-electron chi connectivity index (χ4n) is 4.36. The van der Waals surface area contributed by atoms with Gasteiger partial charge < -0.3 is 14.6 Å². The number of amides is 1. The Labute approximate surface area is 207 Å². The number of carbonyl (C=O) groups is 2. The molecule has 1 aromatic heterocycles. The lowest BCUT2D eigenvalue weighted by Gasteiger charge is -2.18. The van der Waals surface area contributed by atoms with Crippen molar-refractivity contribution in [3.63, 3.8) is 0 Å². The van der Waals surface area contributed by atoms with Gasteiger partial charge in [0, 0.05) is 22.0 Å². The zero-order chi connectivity index (χ0) is 25.1. The quantitative estimate of drug-likeness (QED) is 0.263. The number of ether oxygens (including phenoxy) is 1. The van der Waals surface area contributed by atoms with Gasteiger partial charge in [0.2, 0.25) is 0 Å². The van der Waals surface area contributed by atoms with Gasteiger partial charge in [0.1, 0.15) is 6.54 Å². The molecule has 0 spiro atoms. The van der Waals surface area contributed by atoms with E-state index >= 15 is 0 Å². The molecule has 1 N–H and O–H groups in total. The Bertz CT molecular complexity index is 1580. The molecule has 1 heterocycles. The second-order valence-corrected chi connectivity index (χ2v) is 8.48. The van der Waals surface area contributed by atoms with Gasteiger partial charge in [0.15, 0.2) is 11.5 Å². The second kappa shape index (κ2) is 9.88. The number of hydrogen-bond acceptors (Lipinski definition) is 4. The molecule has 5 rings (SSSR count). The summed E-state index contributed by atoms with van der Waals surface area (Å²) < 4.78 is 7.27. The molecular formula is C30H24N2O4. The van der Waals surface area contributed by atoms with Crippen LogP contribution in [-0.2, 0) is 20.9 Å². The average molecular weight is 477 g/mol. The Balaban J connectivity index is 1.36. The molecule has 4 aromatic carbocycles. The Morgan fingerprint density at radius 2 is 1.33 bits per heavy atom. The number of anilines is 1. The summed E-state index contributed by atoms with van der Waals surface area (Å²) in [6, 6.07) is 31.5.